The number of rotatable bonds is 3. The molecule has 0 unspecified atom stereocenters. The molecule has 158 valence electrons. The average molecular weight is 415 g/mol. The normalized spacial score (nSPS) is 13.6. The third-order valence-electron chi connectivity index (χ3n) is 5.67. The summed E-state index contributed by atoms with van der Waals surface area (Å²) in [5, 5.41) is 9.46. The molecule has 1 amide bonds. The summed E-state index contributed by atoms with van der Waals surface area (Å²) in [4.78, 5) is 15.2. The Kier molecular flexibility index (Phi) is 4.36. The van der Waals surface area contributed by atoms with E-state index in [4.69, 9.17) is 5.10 Å². The molecule has 1 aliphatic heterocycles. The SMILES string of the molecule is Cn1nc(-c2ccccc2)cc1C(=O)N1Cc2nn(C(C)(C)C)c(-n3cccc3)c2C1. The molecule has 7 heteroatoms. The van der Waals surface area contributed by atoms with Gasteiger partial charge in [0.15, 0.2) is 0 Å². The first-order chi connectivity index (χ1) is 14.8. The second kappa shape index (κ2) is 6.97. The lowest BCUT2D eigenvalue weighted by Gasteiger charge is -2.24. The predicted octanol–water partition coefficient (Wildman–Crippen LogP) is 3.99. The van der Waals surface area contributed by atoms with Crippen molar-refractivity contribution < 1.29 is 4.79 Å². The van der Waals surface area contributed by atoms with Crippen molar-refractivity contribution in [3.05, 3.63) is 77.9 Å². The van der Waals surface area contributed by atoms with E-state index >= 15 is 0 Å². The van der Waals surface area contributed by atoms with Crippen molar-refractivity contribution in [1.82, 2.24) is 29.0 Å². The molecule has 0 saturated carbocycles. The molecular weight excluding hydrogens is 388 g/mol. The molecule has 0 N–H and O–H groups in total. The van der Waals surface area contributed by atoms with Crippen LogP contribution in [0.3, 0.4) is 0 Å². The van der Waals surface area contributed by atoms with E-state index in [1.54, 1.807) is 4.68 Å². The third kappa shape index (κ3) is 3.26. The Morgan fingerprint density at radius 3 is 2.35 bits per heavy atom. The van der Waals surface area contributed by atoms with Gasteiger partial charge in [-0.2, -0.15) is 10.2 Å². The largest absolute Gasteiger partial charge is 0.327 e. The quantitative estimate of drug-likeness (QED) is 0.509. The lowest BCUT2D eigenvalue weighted by Crippen LogP contribution is -2.30. The summed E-state index contributed by atoms with van der Waals surface area (Å²) in [6.45, 7) is 7.46. The highest BCUT2D eigenvalue weighted by molar-refractivity contribution is 5.94. The molecule has 0 saturated heterocycles. The molecule has 0 fully saturated rings. The standard InChI is InChI=1S/C24H26N6O/c1-24(2,3)30-22(28-12-8-9-13-28)18-15-29(16-20(18)26-30)23(31)21-14-19(25-27(21)4)17-10-6-5-7-11-17/h5-14H,15-16H2,1-4H3. The molecule has 3 aromatic heterocycles. The van der Waals surface area contributed by atoms with Crippen LogP contribution in [0.2, 0.25) is 0 Å². The number of nitrogens with zero attached hydrogens (tertiary/aromatic N) is 6. The van der Waals surface area contributed by atoms with Crippen LogP contribution in [0.15, 0.2) is 60.9 Å². The number of aromatic nitrogens is 5. The highest BCUT2D eigenvalue weighted by atomic mass is 16.2. The van der Waals surface area contributed by atoms with E-state index in [1.807, 2.05) is 72.9 Å². The number of hydrogen-bond donors (Lipinski definition) is 0. The average Bonchev–Trinajstić information content (AvgIpc) is 3.50. The van der Waals surface area contributed by atoms with E-state index in [9.17, 15) is 4.79 Å². The van der Waals surface area contributed by atoms with Crippen molar-refractivity contribution >= 4 is 5.91 Å². The maximum Gasteiger partial charge on any atom is 0.272 e. The molecule has 7 nitrogen and oxygen atoms in total. The fourth-order valence-corrected chi connectivity index (χ4v) is 4.13. The van der Waals surface area contributed by atoms with Crippen LogP contribution < -0.4 is 0 Å². The summed E-state index contributed by atoms with van der Waals surface area (Å²) in [6, 6.07) is 15.8. The third-order valence-corrected chi connectivity index (χ3v) is 5.67. The lowest BCUT2D eigenvalue weighted by atomic mass is 10.1. The van der Waals surface area contributed by atoms with Gasteiger partial charge in [-0.15, -0.1) is 0 Å². The summed E-state index contributed by atoms with van der Waals surface area (Å²) in [7, 11) is 1.82. The second-order valence-electron chi connectivity index (χ2n) is 8.99. The zero-order chi connectivity index (χ0) is 21.8. The molecule has 0 atom stereocenters. The highest BCUT2D eigenvalue weighted by Gasteiger charge is 2.34. The monoisotopic (exact) mass is 414 g/mol. The fraction of sp³-hybridized carbons (Fsp3) is 0.292. The summed E-state index contributed by atoms with van der Waals surface area (Å²) in [5.41, 5.74) is 4.27. The Balaban J connectivity index is 1.47. The molecule has 0 spiro atoms. The number of amides is 1. The maximum absolute atomic E-state index is 13.4. The Morgan fingerprint density at radius 1 is 0.968 bits per heavy atom. The molecule has 0 bridgehead atoms. The molecule has 5 rings (SSSR count). The van der Waals surface area contributed by atoms with Crippen LogP contribution in [0.25, 0.3) is 17.1 Å². The first-order valence-corrected chi connectivity index (χ1v) is 10.5. The minimum atomic E-state index is -0.161. The van der Waals surface area contributed by atoms with Crippen molar-refractivity contribution in [2.45, 2.75) is 39.4 Å². The van der Waals surface area contributed by atoms with Gasteiger partial charge in [-0.25, -0.2) is 4.68 Å². The predicted molar refractivity (Wildman–Crippen MR) is 119 cm³/mol. The molecule has 0 aliphatic carbocycles. The van der Waals surface area contributed by atoms with Crippen molar-refractivity contribution in [1.29, 1.82) is 0 Å². The van der Waals surface area contributed by atoms with Gasteiger partial charge in [0.05, 0.1) is 30.0 Å². The van der Waals surface area contributed by atoms with Gasteiger partial charge in [0.1, 0.15) is 11.5 Å². The number of aryl methyl sites for hydroxylation is 1. The van der Waals surface area contributed by atoms with Gasteiger partial charge in [-0.05, 0) is 39.0 Å². The van der Waals surface area contributed by atoms with E-state index in [-0.39, 0.29) is 11.4 Å². The number of fused-ring (bicyclic) bond motifs is 1. The van der Waals surface area contributed by atoms with Gasteiger partial charge in [-0.3, -0.25) is 9.48 Å². The Bertz CT molecular complexity index is 1240. The van der Waals surface area contributed by atoms with Crippen LogP contribution in [0.1, 0.15) is 42.5 Å². The van der Waals surface area contributed by atoms with Crippen LogP contribution >= 0.6 is 0 Å². The Hall–Kier alpha value is -3.61. The number of benzene rings is 1. The second-order valence-corrected chi connectivity index (χ2v) is 8.99. The topological polar surface area (TPSA) is 60.9 Å². The lowest BCUT2D eigenvalue weighted by molar-refractivity contribution is 0.0737. The van der Waals surface area contributed by atoms with Gasteiger partial charge < -0.3 is 9.47 Å². The molecule has 4 heterocycles. The van der Waals surface area contributed by atoms with Gasteiger partial charge in [-0.1, -0.05) is 30.3 Å². The number of hydrogen-bond acceptors (Lipinski definition) is 3. The summed E-state index contributed by atoms with van der Waals surface area (Å²) in [5.74, 6) is 0.994. The fourth-order valence-electron chi connectivity index (χ4n) is 4.13. The number of carbonyl (C=O) groups is 1. The van der Waals surface area contributed by atoms with Gasteiger partial charge in [0, 0.05) is 30.6 Å². The minimum Gasteiger partial charge on any atom is -0.327 e. The van der Waals surface area contributed by atoms with E-state index in [2.05, 4.69) is 35.1 Å². The molecule has 1 aliphatic rings. The van der Waals surface area contributed by atoms with E-state index < -0.39 is 0 Å². The molecule has 1 aromatic carbocycles. The van der Waals surface area contributed by atoms with E-state index in [0.29, 0.717) is 18.8 Å². The zero-order valence-electron chi connectivity index (χ0n) is 18.3. The minimum absolute atomic E-state index is 0.0315. The van der Waals surface area contributed by atoms with Gasteiger partial charge in [0.25, 0.3) is 5.91 Å². The van der Waals surface area contributed by atoms with Crippen LogP contribution in [0.5, 0.6) is 0 Å². The Morgan fingerprint density at radius 2 is 1.68 bits per heavy atom. The first-order valence-electron chi connectivity index (χ1n) is 10.5. The van der Waals surface area contributed by atoms with Crippen LogP contribution in [-0.2, 0) is 25.7 Å². The van der Waals surface area contributed by atoms with Crippen molar-refractivity contribution in [3.63, 3.8) is 0 Å². The highest BCUT2D eigenvalue weighted by Crippen LogP contribution is 2.33. The van der Waals surface area contributed by atoms with Gasteiger partial charge >= 0.3 is 0 Å². The summed E-state index contributed by atoms with van der Waals surface area (Å²) < 4.78 is 5.82. The van der Waals surface area contributed by atoms with Crippen LogP contribution in [0.4, 0.5) is 0 Å². The van der Waals surface area contributed by atoms with Crippen molar-refractivity contribution in [3.8, 4) is 17.1 Å². The van der Waals surface area contributed by atoms with Crippen LogP contribution in [-0.4, -0.2) is 34.9 Å². The van der Waals surface area contributed by atoms with E-state index in [1.165, 1.54) is 0 Å². The first kappa shape index (κ1) is 19.4. The van der Waals surface area contributed by atoms with Crippen LogP contribution in [0, 0.1) is 0 Å². The molecule has 0 radical (unpaired) electrons. The smallest absolute Gasteiger partial charge is 0.272 e. The Labute approximate surface area is 181 Å². The van der Waals surface area contributed by atoms with Crippen molar-refractivity contribution in [2.75, 3.05) is 0 Å². The molecular formula is C24H26N6O. The van der Waals surface area contributed by atoms with E-state index in [0.717, 1.165) is 28.3 Å². The maximum atomic E-state index is 13.4. The zero-order valence-corrected chi connectivity index (χ0v) is 18.3. The number of carbonyl (C=O) groups excluding carboxylic acids is 1. The molecule has 31 heavy (non-hydrogen) atoms. The summed E-state index contributed by atoms with van der Waals surface area (Å²) >= 11 is 0. The summed E-state index contributed by atoms with van der Waals surface area (Å²) in [6.07, 6.45) is 4.05. The van der Waals surface area contributed by atoms with Crippen molar-refractivity contribution in [2.24, 2.45) is 7.05 Å². The molecule has 4 aromatic rings. The van der Waals surface area contributed by atoms with Gasteiger partial charge in [0.2, 0.25) is 0 Å².